The van der Waals surface area contributed by atoms with Crippen molar-refractivity contribution >= 4 is 45.5 Å². The lowest BCUT2D eigenvalue weighted by atomic mass is 9.68. The molecular weight excluding hydrogens is 1190 g/mol. The normalized spacial score (nSPS) is 13.7. The maximum absolute atomic E-state index is 20.0. The quantitative estimate of drug-likeness (QED) is 0.0364. The SMILES string of the molecule is CCCCCCCCCCCCCCCCC1(CCCCCCCCCCCCCCCC)c2cc(C)c3nsnc3c2-c2c(F)c3c(c(F)c21)-c1c(cc(C)c2nsnc12)C3(CCCCCCCCCCCCCCCC)CCCCCCCCCCCCCCCC. The Morgan fingerprint density at radius 1 is 0.255 bits per heavy atom. The summed E-state index contributed by atoms with van der Waals surface area (Å²) in [7, 11) is 0. The van der Waals surface area contributed by atoms with E-state index < -0.39 is 10.8 Å². The first-order valence-corrected chi connectivity index (χ1v) is 42.9. The molecule has 0 fully saturated rings. The number of unbranched alkanes of at least 4 members (excludes halogenated alkanes) is 52. The molecule has 0 spiro atoms. The van der Waals surface area contributed by atoms with E-state index in [2.05, 4.69) is 53.7 Å². The number of hydrogen-bond donors (Lipinski definition) is 0. The molecule has 4 nitrogen and oxygen atoms in total. The highest BCUT2D eigenvalue weighted by molar-refractivity contribution is 7.00. The Bertz CT molecular complexity index is 2570. The molecule has 0 saturated carbocycles. The monoisotopic (exact) mass is 1330 g/mol. The van der Waals surface area contributed by atoms with Gasteiger partial charge in [-0.2, -0.15) is 17.5 Å². The molecule has 0 bridgehead atoms. The summed E-state index contributed by atoms with van der Waals surface area (Å²) in [6.07, 6.45) is 76.0. The zero-order chi connectivity index (χ0) is 66.3. The van der Waals surface area contributed by atoms with Gasteiger partial charge in [0.05, 0.1) is 23.5 Å². The van der Waals surface area contributed by atoms with Gasteiger partial charge in [0.25, 0.3) is 0 Å². The molecule has 5 aromatic rings. The van der Waals surface area contributed by atoms with Gasteiger partial charge in [0, 0.05) is 44.2 Å². The van der Waals surface area contributed by atoms with Gasteiger partial charge in [-0.25, -0.2) is 8.78 Å². The number of nitrogens with zero attached hydrogens (tertiary/aromatic N) is 4. The molecule has 2 heterocycles. The molecule has 8 heteroatoms. The zero-order valence-electron chi connectivity index (χ0n) is 61.9. The molecule has 3 aromatic carbocycles. The van der Waals surface area contributed by atoms with Crippen molar-refractivity contribution in [2.24, 2.45) is 0 Å². The fourth-order valence-electron chi connectivity index (χ4n) is 17.6. The Hall–Kier alpha value is -2.84. The number of aryl methyl sites for hydroxylation is 2. The van der Waals surface area contributed by atoms with Crippen molar-refractivity contribution < 1.29 is 8.78 Å². The van der Waals surface area contributed by atoms with Gasteiger partial charge in [0.2, 0.25) is 0 Å². The summed E-state index contributed by atoms with van der Waals surface area (Å²) in [5.74, 6) is -0.342. The van der Waals surface area contributed by atoms with Gasteiger partial charge in [-0.1, -0.05) is 399 Å². The average Bonchev–Trinajstić information content (AvgIpc) is 1.50. The lowest BCUT2D eigenvalue weighted by Gasteiger charge is -2.35. The van der Waals surface area contributed by atoms with Crippen molar-refractivity contribution in [1.82, 2.24) is 17.5 Å². The second-order valence-corrected chi connectivity index (χ2v) is 31.9. The first kappa shape index (κ1) is 78.5. The summed E-state index contributed by atoms with van der Waals surface area (Å²) in [4.78, 5) is 0. The Balaban J connectivity index is 1.18. The predicted octanol–water partition coefficient (Wildman–Crippen LogP) is 30.6. The summed E-state index contributed by atoms with van der Waals surface area (Å²) in [5, 5.41) is 0. The van der Waals surface area contributed by atoms with Crippen molar-refractivity contribution in [2.75, 3.05) is 0 Å². The molecule has 0 amide bonds. The molecular formula is C86H140F2N4S2. The van der Waals surface area contributed by atoms with Gasteiger partial charge in [-0.3, -0.25) is 0 Å². The second kappa shape index (κ2) is 45.8. The molecule has 2 aromatic heterocycles. The number of rotatable bonds is 60. The first-order chi connectivity index (χ1) is 46.3. The van der Waals surface area contributed by atoms with Crippen molar-refractivity contribution in [2.45, 2.75) is 438 Å². The molecule has 2 aliphatic rings. The van der Waals surface area contributed by atoms with Crippen LogP contribution in [0.1, 0.15) is 446 Å². The van der Waals surface area contributed by atoms with E-state index in [0.717, 1.165) is 132 Å². The van der Waals surface area contributed by atoms with Gasteiger partial charge < -0.3 is 0 Å². The number of fused-ring (bicyclic) bond motifs is 10. The highest BCUT2D eigenvalue weighted by Gasteiger charge is 2.54. The van der Waals surface area contributed by atoms with Crippen LogP contribution < -0.4 is 0 Å². The van der Waals surface area contributed by atoms with Gasteiger partial charge in [0.15, 0.2) is 0 Å². The van der Waals surface area contributed by atoms with Crippen molar-refractivity contribution in [1.29, 1.82) is 0 Å². The minimum atomic E-state index is -0.680. The minimum Gasteiger partial charge on any atom is -0.206 e. The summed E-state index contributed by atoms with van der Waals surface area (Å²) >= 11 is 2.48. The molecule has 0 atom stereocenters. The number of halogens is 2. The predicted molar refractivity (Wildman–Crippen MR) is 410 cm³/mol. The Morgan fingerprint density at radius 3 is 0.638 bits per heavy atom. The largest absolute Gasteiger partial charge is 0.206 e. The van der Waals surface area contributed by atoms with Crippen LogP contribution in [0, 0.1) is 25.5 Å². The molecule has 2 aliphatic carbocycles. The van der Waals surface area contributed by atoms with Crippen LogP contribution in [0.3, 0.4) is 0 Å². The maximum atomic E-state index is 20.0. The number of hydrogen-bond acceptors (Lipinski definition) is 6. The maximum Gasteiger partial charge on any atom is 0.136 e. The van der Waals surface area contributed by atoms with E-state index in [1.54, 1.807) is 0 Å². The summed E-state index contributed by atoms with van der Waals surface area (Å²) in [6.45, 7) is 13.6. The van der Waals surface area contributed by atoms with Crippen LogP contribution in [-0.2, 0) is 10.8 Å². The lowest BCUT2D eigenvalue weighted by Crippen LogP contribution is -2.29. The minimum absolute atomic E-state index is 0.171. The lowest BCUT2D eigenvalue weighted by molar-refractivity contribution is 0.374. The zero-order valence-corrected chi connectivity index (χ0v) is 63.6. The van der Waals surface area contributed by atoms with Gasteiger partial charge in [-0.15, -0.1) is 0 Å². The van der Waals surface area contributed by atoms with E-state index in [1.807, 2.05) is 0 Å². The van der Waals surface area contributed by atoms with Crippen molar-refractivity contribution in [3.63, 3.8) is 0 Å². The van der Waals surface area contributed by atoms with Gasteiger partial charge in [-0.05, 0) is 61.8 Å². The summed E-state index contributed by atoms with van der Waals surface area (Å²) < 4.78 is 60.1. The van der Waals surface area contributed by atoms with Crippen molar-refractivity contribution in [3.05, 3.63) is 57.1 Å². The second-order valence-electron chi connectivity index (χ2n) is 30.8. The van der Waals surface area contributed by atoms with Crippen LogP contribution in [0.15, 0.2) is 12.1 Å². The summed E-state index contributed by atoms with van der Waals surface area (Å²) in [6, 6.07) is 4.68. The van der Waals surface area contributed by atoms with Crippen LogP contribution in [0.4, 0.5) is 8.78 Å². The third kappa shape index (κ3) is 23.1. The van der Waals surface area contributed by atoms with Crippen LogP contribution in [0.25, 0.3) is 44.3 Å². The van der Waals surface area contributed by atoms with Crippen LogP contribution in [0.2, 0.25) is 0 Å². The fourth-order valence-corrected chi connectivity index (χ4v) is 18.8. The Morgan fingerprint density at radius 2 is 0.436 bits per heavy atom. The number of aromatic nitrogens is 4. The smallest absolute Gasteiger partial charge is 0.136 e. The molecule has 0 unspecified atom stereocenters. The van der Waals surface area contributed by atoms with Crippen molar-refractivity contribution in [3.8, 4) is 22.3 Å². The fraction of sp³-hybridized carbons (Fsp3) is 0.791. The third-order valence-electron chi connectivity index (χ3n) is 23.2. The van der Waals surface area contributed by atoms with E-state index in [9.17, 15) is 0 Å². The molecule has 94 heavy (non-hydrogen) atoms. The van der Waals surface area contributed by atoms with Crippen LogP contribution in [0.5, 0.6) is 0 Å². The highest BCUT2D eigenvalue weighted by atomic mass is 32.1. The van der Waals surface area contributed by atoms with Crippen LogP contribution in [-0.4, -0.2) is 17.5 Å². The van der Waals surface area contributed by atoms with E-state index in [-0.39, 0.29) is 11.6 Å². The Labute approximate surface area is 585 Å². The van der Waals surface area contributed by atoms with Gasteiger partial charge in [0.1, 0.15) is 33.7 Å². The Kier molecular flexibility index (Phi) is 38.2. The summed E-state index contributed by atoms with van der Waals surface area (Å²) in [5.41, 5.74) is 10.4. The molecule has 0 saturated heterocycles. The van der Waals surface area contributed by atoms with E-state index in [4.69, 9.17) is 17.5 Å². The molecule has 0 aliphatic heterocycles. The number of benzene rings is 3. The molecule has 0 radical (unpaired) electrons. The van der Waals surface area contributed by atoms with E-state index >= 15 is 8.78 Å². The third-order valence-corrected chi connectivity index (χ3v) is 24.2. The standard InChI is InChI=1S/C86H140F2N4S2/c1-7-11-15-19-23-27-31-35-39-43-47-51-55-59-63-85(64-60-56-52-48-44-40-36-32-28-24-20-16-12-8-2)71-67-69(5)81-83(91-93-89-81)73(71)75-77(85)79(87)76-74-72(68-70(6)82-84(74)92-94-90-82)86(78(76)80(75)88,65-61-57-53-49-45-41-37-33-29-25-21-17-13-9-3)66-62-58-54-50-46-42-38-34-30-26-22-18-14-10-4/h67-68H,7-66H2,1-6H3. The van der Waals surface area contributed by atoms with E-state index in [0.29, 0.717) is 22.3 Å². The molecule has 530 valence electrons. The highest BCUT2D eigenvalue weighted by Crippen LogP contribution is 2.65. The average molecular weight is 1330 g/mol. The van der Waals surface area contributed by atoms with Crippen LogP contribution >= 0.6 is 23.5 Å². The topological polar surface area (TPSA) is 51.6 Å². The molecule has 7 rings (SSSR count). The van der Waals surface area contributed by atoms with Gasteiger partial charge >= 0.3 is 0 Å². The van der Waals surface area contributed by atoms with E-state index in [1.165, 1.54) is 332 Å². The molecule has 0 N–H and O–H groups in total. The first-order valence-electron chi connectivity index (χ1n) is 41.4.